The van der Waals surface area contributed by atoms with Crippen LogP contribution in [0.3, 0.4) is 0 Å². The highest BCUT2D eigenvalue weighted by Gasteiger charge is 1.95. The van der Waals surface area contributed by atoms with Gasteiger partial charge in [-0.1, -0.05) is 42.0 Å². The van der Waals surface area contributed by atoms with Gasteiger partial charge in [0.1, 0.15) is 0 Å². The molecule has 0 saturated heterocycles. The van der Waals surface area contributed by atoms with Crippen LogP contribution in [0.1, 0.15) is 19.4 Å². The fourth-order valence-electron chi connectivity index (χ4n) is 1.08. The standard InChI is InChI=1S/C12H17N/c1-10(11(2)13)8-9-12-6-4-3-5-7-12/h3-8,11H,9,13H2,1-2H3/t11-/m1/s1. The molecule has 1 heteroatoms. The van der Waals surface area contributed by atoms with Crippen LogP contribution in [0.2, 0.25) is 0 Å². The Bertz CT molecular complexity index is 272. The molecule has 1 rings (SSSR count). The van der Waals surface area contributed by atoms with E-state index in [-0.39, 0.29) is 6.04 Å². The highest BCUT2D eigenvalue weighted by atomic mass is 14.6. The van der Waals surface area contributed by atoms with E-state index >= 15 is 0 Å². The van der Waals surface area contributed by atoms with E-state index in [0.717, 1.165) is 6.42 Å². The Labute approximate surface area is 80.3 Å². The van der Waals surface area contributed by atoms with E-state index in [4.69, 9.17) is 5.73 Å². The maximum Gasteiger partial charge on any atom is 0.0222 e. The molecular formula is C12H17N. The summed E-state index contributed by atoms with van der Waals surface area (Å²) in [6.07, 6.45) is 3.17. The molecule has 1 nitrogen and oxygen atoms in total. The predicted molar refractivity (Wildman–Crippen MR) is 57.6 cm³/mol. The smallest absolute Gasteiger partial charge is 0.0222 e. The molecule has 70 valence electrons. The molecule has 0 aliphatic heterocycles. The highest BCUT2D eigenvalue weighted by Crippen LogP contribution is 2.04. The summed E-state index contributed by atoms with van der Waals surface area (Å²) in [6.45, 7) is 4.09. The Morgan fingerprint density at radius 3 is 2.54 bits per heavy atom. The van der Waals surface area contributed by atoms with Crippen LogP contribution in [-0.4, -0.2) is 6.04 Å². The molecule has 0 fully saturated rings. The van der Waals surface area contributed by atoms with Crippen molar-refractivity contribution in [2.24, 2.45) is 5.73 Å². The number of allylic oxidation sites excluding steroid dienone is 1. The van der Waals surface area contributed by atoms with Crippen LogP contribution in [0, 0.1) is 0 Å². The van der Waals surface area contributed by atoms with Crippen LogP contribution in [0.15, 0.2) is 42.0 Å². The quantitative estimate of drug-likeness (QED) is 0.702. The van der Waals surface area contributed by atoms with Gasteiger partial charge < -0.3 is 5.73 Å². The Hall–Kier alpha value is -1.08. The van der Waals surface area contributed by atoms with E-state index < -0.39 is 0 Å². The Kier molecular flexibility index (Phi) is 3.71. The van der Waals surface area contributed by atoms with Gasteiger partial charge in [0, 0.05) is 6.04 Å². The largest absolute Gasteiger partial charge is 0.324 e. The van der Waals surface area contributed by atoms with Gasteiger partial charge >= 0.3 is 0 Å². The monoisotopic (exact) mass is 175 g/mol. The lowest BCUT2D eigenvalue weighted by Crippen LogP contribution is -2.16. The molecule has 1 atom stereocenters. The first kappa shape index (κ1) is 10.0. The third-order valence-electron chi connectivity index (χ3n) is 2.22. The molecular weight excluding hydrogens is 158 g/mol. The van der Waals surface area contributed by atoms with Crippen LogP contribution < -0.4 is 5.73 Å². The van der Waals surface area contributed by atoms with E-state index in [1.54, 1.807) is 0 Å². The van der Waals surface area contributed by atoms with Gasteiger partial charge in [0.05, 0.1) is 0 Å². The highest BCUT2D eigenvalue weighted by molar-refractivity contribution is 5.19. The molecule has 0 heterocycles. The van der Waals surface area contributed by atoms with Crippen molar-refractivity contribution in [3.63, 3.8) is 0 Å². The topological polar surface area (TPSA) is 26.0 Å². The second-order valence-electron chi connectivity index (χ2n) is 3.43. The third-order valence-corrected chi connectivity index (χ3v) is 2.22. The number of nitrogens with two attached hydrogens (primary N) is 1. The minimum atomic E-state index is 0.170. The van der Waals surface area contributed by atoms with Gasteiger partial charge in [-0.3, -0.25) is 0 Å². The minimum Gasteiger partial charge on any atom is -0.324 e. The molecule has 0 bridgehead atoms. The summed E-state index contributed by atoms with van der Waals surface area (Å²) in [5.74, 6) is 0. The van der Waals surface area contributed by atoms with Crippen molar-refractivity contribution in [2.75, 3.05) is 0 Å². The molecule has 0 spiro atoms. The van der Waals surface area contributed by atoms with Crippen molar-refractivity contribution in [2.45, 2.75) is 26.3 Å². The molecule has 1 aromatic carbocycles. The van der Waals surface area contributed by atoms with Crippen molar-refractivity contribution in [1.82, 2.24) is 0 Å². The lowest BCUT2D eigenvalue weighted by atomic mass is 10.1. The van der Waals surface area contributed by atoms with Crippen LogP contribution >= 0.6 is 0 Å². The Morgan fingerprint density at radius 1 is 1.38 bits per heavy atom. The average Bonchev–Trinajstić information content (AvgIpc) is 2.15. The molecule has 2 N–H and O–H groups in total. The maximum atomic E-state index is 5.73. The number of rotatable bonds is 3. The molecule has 0 aliphatic rings. The number of benzene rings is 1. The predicted octanol–water partition coefficient (Wildman–Crippen LogP) is 2.52. The SMILES string of the molecule is CC(=CCc1ccccc1)[C@@H](C)N. The van der Waals surface area contributed by atoms with Gasteiger partial charge in [0.25, 0.3) is 0 Å². The molecule has 13 heavy (non-hydrogen) atoms. The summed E-state index contributed by atoms with van der Waals surface area (Å²) in [5.41, 5.74) is 8.32. The number of hydrogen-bond acceptors (Lipinski definition) is 1. The van der Waals surface area contributed by atoms with E-state index in [9.17, 15) is 0 Å². The molecule has 0 aromatic heterocycles. The minimum absolute atomic E-state index is 0.170. The van der Waals surface area contributed by atoms with Gasteiger partial charge in [-0.25, -0.2) is 0 Å². The first-order valence-corrected chi connectivity index (χ1v) is 4.66. The lowest BCUT2D eigenvalue weighted by Gasteiger charge is -2.04. The summed E-state index contributed by atoms with van der Waals surface area (Å²) in [7, 11) is 0. The summed E-state index contributed by atoms with van der Waals surface area (Å²) < 4.78 is 0. The summed E-state index contributed by atoms with van der Waals surface area (Å²) in [5, 5.41) is 0. The van der Waals surface area contributed by atoms with Gasteiger partial charge in [0.15, 0.2) is 0 Å². The molecule has 0 saturated carbocycles. The molecule has 1 aromatic rings. The zero-order chi connectivity index (χ0) is 9.68. The van der Waals surface area contributed by atoms with E-state index in [1.807, 2.05) is 13.0 Å². The normalized spacial score (nSPS) is 14.2. The van der Waals surface area contributed by atoms with Crippen LogP contribution in [0.4, 0.5) is 0 Å². The summed E-state index contributed by atoms with van der Waals surface area (Å²) in [4.78, 5) is 0. The fourth-order valence-corrected chi connectivity index (χ4v) is 1.08. The van der Waals surface area contributed by atoms with Crippen molar-refractivity contribution in [1.29, 1.82) is 0 Å². The van der Waals surface area contributed by atoms with Crippen molar-refractivity contribution in [3.05, 3.63) is 47.5 Å². The first-order valence-electron chi connectivity index (χ1n) is 4.66. The van der Waals surface area contributed by atoms with Gasteiger partial charge in [0.2, 0.25) is 0 Å². The zero-order valence-electron chi connectivity index (χ0n) is 8.33. The van der Waals surface area contributed by atoms with Crippen LogP contribution in [0.5, 0.6) is 0 Å². The summed E-state index contributed by atoms with van der Waals surface area (Å²) >= 11 is 0. The molecule has 0 radical (unpaired) electrons. The van der Waals surface area contributed by atoms with Crippen molar-refractivity contribution >= 4 is 0 Å². The third kappa shape index (κ3) is 3.43. The second-order valence-corrected chi connectivity index (χ2v) is 3.43. The zero-order valence-corrected chi connectivity index (χ0v) is 8.33. The second kappa shape index (κ2) is 4.83. The van der Waals surface area contributed by atoms with Gasteiger partial charge in [-0.15, -0.1) is 0 Å². The van der Waals surface area contributed by atoms with Crippen LogP contribution in [0.25, 0.3) is 0 Å². The van der Waals surface area contributed by atoms with Crippen molar-refractivity contribution in [3.8, 4) is 0 Å². The van der Waals surface area contributed by atoms with Crippen LogP contribution in [-0.2, 0) is 6.42 Å². The Balaban J connectivity index is 2.57. The molecule has 0 amide bonds. The van der Waals surface area contributed by atoms with Gasteiger partial charge in [-0.05, 0) is 25.8 Å². The van der Waals surface area contributed by atoms with E-state index in [2.05, 4.69) is 37.3 Å². The Morgan fingerprint density at radius 2 is 2.00 bits per heavy atom. The maximum absolute atomic E-state index is 5.73. The molecule has 0 unspecified atom stereocenters. The molecule has 0 aliphatic carbocycles. The van der Waals surface area contributed by atoms with Crippen molar-refractivity contribution < 1.29 is 0 Å². The first-order chi connectivity index (χ1) is 6.20. The van der Waals surface area contributed by atoms with Gasteiger partial charge in [-0.2, -0.15) is 0 Å². The fraction of sp³-hybridized carbons (Fsp3) is 0.333. The lowest BCUT2D eigenvalue weighted by molar-refractivity contribution is 0.853. The van der Waals surface area contributed by atoms with E-state index in [1.165, 1.54) is 11.1 Å². The summed E-state index contributed by atoms with van der Waals surface area (Å²) in [6, 6.07) is 10.6. The number of hydrogen-bond donors (Lipinski definition) is 1. The average molecular weight is 175 g/mol. The van der Waals surface area contributed by atoms with E-state index in [0.29, 0.717) is 0 Å².